The molecule has 5 heteroatoms. The van der Waals surface area contributed by atoms with Crippen molar-refractivity contribution in [2.45, 2.75) is 58.2 Å². The molecule has 0 atom stereocenters. The van der Waals surface area contributed by atoms with Crippen LogP contribution in [0.2, 0.25) is 5.02 Å². The van der Waals surface area contributed by atoms with Crippen LogP contribution in [0.5, 0.6) is 0 Å². The minimum absolute atomic E-state index is 0.203. The Balaban J connectivity index is 2.25. The third-order valence-corrected chi connectivity index (χ3v) is 4.31. The monoisotopic (exact) mass is 285 g/mol. The first kappa shape index (κ1) is 14.8. The molecule has 1 aromatic heterocycles. The van der Waals surface area contributed by atoms with Crippen molar-refractivity contribution >= 4 is 11.6 Å². The molecule has 2 rings (SSSR count). The number of aliphatic hydroxyl groups is 1. The molecule has 0 aliphatic carbocycles. The Labute approximate surface area is 120 Å². The van der Waals surface area contributed by atoms with Crippen molar-refractivity contribution in [3.8, 4) is 0 Å². The lowest BCUT2D eigenvalue weighted by atomic mass is 9.87. The highest BCUT2D eigenvalue weighted by atomic mass is 35.5. The fourth-order valence-corrected chi connectivity index (χ4v) is 3.12. The lowest BCUT2D eigenvalue weighted by Gasteiger charge is -2.40. The Hall–Kier alpha value is -0.580. The van der Waals surface area contributed by atoms with Crippen LogP contribution >= 0.6 is 11.6 Å². The molecule has 1 aliphatic rings. The van der Waals surface area contributed by atoms with Gasteiger partial charge in [-0.1, -0.05) is 11.6 Å². The van der Waals surface area contributed by atoms with Crippen LogP contribution in [0.25, 0.3) is 0 Å². The molecule has 0 bridgehead atoms. The first-order valence-corrected chi connectivity index (χ1v) is 7.43. The second-order valence-corrected chi connectivity index (χ2v) is 6.45. The van der Waals surface area contributed by atoms with Crippen molar-refractivity contribution in [2.24, 2.45) is 0 Å². The quantitative estimate of drug-likeness (QED) is 0.928. The van der Waals surface area contributed by atoms with Crippen molar-refractivity contribution in [3.05, 3.63) is 16.9 Å². The lowest BCUT2D eigenvalue weighted by molar-refractivity contribution is -0.0393. The van der Waals surface area contributed by atoms with Crippen LogP contribution in [0.4, 0.5) is 0 Å². The molecule has 108 valence electrons. The maximum Gasteiger partial charge on any atom is 0.110 e. The van der Waals surface area contributed by atoms with E-state index in [0.717, 1.165) is 18.8 Å². The van der Waals surface area contributed by atoms with E-state index in [1.807, 2.05) is 4.68 Å². The SMILES string of the molecule is CC(C)N1CCC(O)(c2c(Cl)cnn2C(C)C)CC1. The van der Waals surface area contributed by atoms with Crippen molar-refractivity contribution in [2.75, 3.05) is 13.1 Å². The molecule has 1 saturated heterocycles. The van der Waals surface area contributed by atoms with Gasteiger partial charge in [0.2, 0.25) is 0 Å². The summed E-state index contributed by atoms with van der Waals surface area (Å²) in [5.74, 6) is 0. The van der Waals surface area contributed by atoms with Gasteiger partial charge in [0.25, 0.3) is 0 Å². The van der Waals surface area contributed by atoms with Gasteiger partial charge in [-0.25, -0.2) is 0 Å². The zero-order valence-corrected chi connectivity index (χ0v) is 13.0. The fraction of sp³-hybridized carbons (Fsp3) is 0.786. The largest absolute Gasteiger partial charge is 0.383 e. The highest BCUT2D eigenvalue weighted by molar-refractivity contribution is 6.31. The standard InChI is InChI=1S/C14H24ClN3O/c1-10(2)17-7-5-14(19,6-8-17)13-12(15)9-16-18(13)11(3)4/h9-11,19H,5-8H2,1-4H3. The number of rotatable bonds is 3. The Morgan fingerprint density at radius 2 is 1.79 bits per heavy atom. The van der Waals surface area contributed by atoms with E-state index in [-0.39, 0.29) is 6.04 Å². The molecule has 0 radical (unpaired) electrons. The smallest absolute Gasteiger partial charge is 0.110 e. The van der Waals surface area contributed by atoms with E-state index in [2.05, 4.69) is 37.7 Å². The van der Waals surface area contributed by atoms with Gasteiger partial charge in [-0.2, -0.15) is 5.10 Å². The highest BCUT2D eigenvalue weighted by Gasteiger charge is 2.39. The molecule has 1 aromatic rings. The number of piperidine rings is 1. The summed E-state index contributed by atoms with van der Waals surface area (Å²) < 4.78 is 1.85. The molecule has 0 aromatic carbocycles. The molecular weight excluding hydrogens is 262 g/mol. The molecule has 0 unspecified atom stereocenters. The van der Waals surface area contributed by atoms with Gasteiger partial charge in [-0.3, -0.25) is 4.68 Å². The number of likely N-dealkylation sites (tertiary alicyclic amines) is 1. The average molecular weight is 286 g/mol. The van der Waals surface area contributed by atoms with Gasteiger partial charge in [0.15, 0.2) is 0 Å². The van der Waals surface area contributed by atoms with Gasteiger partial charge in [0.1, 0.15) is 5.60 Å². The predicted molar refractivity (Wildman–Crippen MR) is 77.5 cm³/mol. The minimum atomic E-state index is -0.844. The predicted octanol–water partition coefficient (Wildman–Crippen LogP) is 2.81. The van der Waals surface area contributed by atoms with Crippen LogP contribution in [0.3, 0.4) is 0 Å². The van der Waals surface area contributed by atoms with Crippen molar-refractivity contribution < 1.29 is 5.11 Å². The molecule has 0 saturated carbocycles. The van der Waals surface area contributed by atoms with Gasteiger partial charge in [0, 0.05) is 25.2 Å². The zero-order chi connectivity index (χ0) is 14.2. The van der Waals surface area contributed by atoms with Crippen LogP contribution in [0.15, 0.2) is 6.20 Å². The summed E-state index contributed by atoms with van der Waals surface area (Å²) in [7, 11) is 0. The maximum atomic E-state index is 11.0. The van der Waals surface area contributed by atoms with Gasteiger partial charge >= 0.3 is 0 Å². The third kappa shape index (κ3) is 2.81. The molecule has 0 amide bonds. The molecule has 2 heterocycles. The second-order valence-electron chi connectivity index (χ2n) is 6.04. The first-order valence-electron chi connectivity index (χ1n) is 7.05. The Morgan fingerprint density at radius 3 is 2.26 bits per heavy atom. The Morgan fingerprint density at radius 1 is 1.21 bits per heavy atom. The summed E-state index contributed by atoms with van der Waals surface area (Å²) in [5, 5.41) is 15.8. The maximum absolute atomic E-state index is 11.0. The van der Waals surface area contributed by atoms with Crippen molar-refractivity contribution in [1.82, 2.24) is 14.7 Å². The van der Waals surface area contributed by atoms with Gasteiger partial charge in [-0.15, -0.1) is 0 Å². The molecule has 19 heavy (non-hydrogen) atoms. The van der Waals surface area contributed by atoms with E-state index in [1.54, 1.807) is 6.20 Å². The van der Waals surface area contributed by atoms with Crippen LogP contribution in [-0.2, 0) is 5.60 Å². The average Bonchev–Trinajstić information content (AvgIpc) is 2.72. The molecule has 1 aliphatic heterocycles. The number of halogens is 1. The first-order chi connectivity index (χ1) is 8.85. The Kier molecular flexibility index (Phi) is 4.23. The molecular formula is C14H24ClN3O. The summed E-state index contributed by atoms with van der Waals surface area (Å²) in [4.78, 5) is 2.39. The van der Waals surface area contributed by atoms with E-state index in [4.69, 9.17) is 11.6 Å². The summed E-state index contributed by atoms with van der Waals surface area (Å²) in [6.45, 7) is 10.3. The zero-order valence-electron chi connectivity index (χ0n) is 12.2. The van der Waals surface area contributed by atoms with Crippen LogP contribution < -0.4 is 0 Å². The fourth-order valence-electron chi connectivity index (χ4n) is 2.82. The number of nitrogens with zero attached hydrogens (tertiary/aromatic N) is 3. The van der Waals surface area contributed by atoms with Gasteiger partial charge in [-0.05, 0) is 40.5 Å². The van der Waals surface area contributed by atoms with Crippen LogP contribution in [-0.4, -0.2) is 38.9 Å². The highest BCUT2D eigenvalue weighted by Crippen LogP contribution is 2.38. The summed E-state index contributed by atoms with van der Waals surface area (Å²) in [6.07, 6.45) is 3.07. The second kappa shape index (κ2) is 5.43. The normalized spacial score (nSPS) is 20.4. The lowest BCUT2D eigenvalue weighted by Crippen LogP contribution is -2.46. The topological polar surface area (TPSA) is 41.3 Å². The van der Waals surface area contributed by atoms with E-state index in [1.165, 1.54) is 0 Å². The van der Waals surface area contributed by atoms with Crippen molar-refractivity contribution in [1.29, 1.82) is 0 Å². The molecule has 1 fully saturated rings. The van der Waals surface area contributed by atoms with Gasteiger partial charge in [0.05, 0.1) is 16.9 Å². The number of hydrogen-bond donors (Lipinski definition) is 1. The molecule has 1 N–H and O–H groups in total. The third-order valence-electron chi connectivity index (χ3n) is 4.04. The number of hydrogen-bond acceptors (Lipinski definition) is 3. The summed E-state index contributed by atoms with van der Waals surface area (Å²) in [6, 6.07) is 0.727. The molecule has 0 spiro atoms. The molecule has 4 nitrogen and oxygen atoms in total. The van der Waals surface area contributed by atoms with E-state index < -0.39 is 5.60 Å². The van der Waals surface area contributed by atoms with Gasteiger partial charge < -0.3 is 10.0 Å². The van der Waals surface area contributed by atoms with Crippen molar-refractivity contribution in [3.63, 3.8) is 0 Å². The van der Waals surface area contributed by atoms with E-state index in [0.29, 0.717) is 23.9 Å². The summed E-state index contributed by atoms with van der Waals surface area (Å²) in [5.41, 5.74) is -0.0592. The summed E-state index contributed by atoms with van der Waals surface area (Å²) >= 11 is 6.25. The Bertz CT molecular complexity index is 434. The van der Waals surface area contributed by atoms with Crippen LogP contribution in [0.1, 0.15) is 52.3 Å². The van der Waals surface area contributed by atoms with E-state index >= 15 is 0 Å². The van der Waals surface area contributed by atoms with Crippen LogP contribution in [0, 0.1) is 0 Å². The van der Waals surface area contributed by atoms with E-state index in [9.17, 15) is 5.11 Å². The minimum Gasteiger partial charge on any atom is -0.383 e. The number of aromatic nitrogens is 2.